The van der Waals surface area contributed by atoms with Crippen LogP contribution in [0.4, 0.5) is 0 Å². The van der Waals surface area contributed by atoms with Crippen molar-refractivity contribution in [1.29, 1.82) is 0 Å². The van der Waals surface area contributed by atoms with Gasteiger partial charge in [-0.2, -0.15) is 0 Å². The Morgan fingerprint density at radius 1 is 1.36 bits per heavy atom. The molecular weight excluding hydrogens is 144 g/mol. The fourth-order valence-electron chi connectivity index (χ4n) is 0.777. The van der Waals surface area contributed by atoms with Crippen LogP contribution in [0.3, 0.4) is 0 Å². The Morgan fingerprint density at radius 2 is 2.09 bits per heavy atom. The van der Waals surface area contributed by atoms with Gasteiger partial charge in [0.25, 0.3) is 0 Å². The predicted octanol–water partition coefficient (Wildman–Crippen LogP) is 0.254. The first-order valence-electron chi connectivity index (χ1n) is 3.46. The molecule has 0 N–H and O–H groups in total. The number of hydrogen-bond acceptors (Lipinski definition) is 4. The Hall–Kier alpha value is -1.16. The van der Waals surface area contributed by atoms with Crippen molar-refractivity contribution in [3.8, 4) is 6.01 Å². The maximum absolute atomic E-state index is 5.30. The van der Waals surface area contributed by atoms with Crippen LogP contribution < -0.4 is 4.74 Å². The van der Waals surface area contributed by atoms with Crippen molar-refractivity contribution in [2.24, 2.45) is 0 Å². The molecule has 0 saturated carbocycles. The van der Waals surface area contributed by atoms with E-state index in [-0.39, 0.29) is 6.10 Å². The van der Waals surface area contributed by atoms with Gasteiger partial charge in [-0.3, -0.25) is 0 Å². The highest BCUT2D eigenvalue weighted by atomic mass is 16.6. The van der Waals surface area contributed by atoms with E-state index in [9.17, 15) is 0 Å². The van der Waals surface area contributed by atoms with Gasteiger partial charge in [-0.25, -0.2) is 9.97 Å². The molecule has 4 nitrogen and oxygen atoms in total. The smallest absolute Gasteiger partial charge is 0.316 e. The quantitative estimate of drug-likeness (QED) is 0.609. The molecule has 1 fully saturated rings. The fourth-order valence-corrected chi connectivity index (χ4v) is 0.777. The lowest BCUT2D eigenvalue weighted by Gasteiger charge is -2.25. The van der Waals surface area contributed by atoms with Gasteiger partial charge < -0.3 is 9.47 Å². The molecule has 1 aliphatic heterocycles. The molecule has 1 aromatic rings. The molecule has 0 bridgehead atoms. The van der Waals surface area contributed by atoms with Crippen molar-refractivity contribution in [2.45, 2.75) is 6.10 Å². The van der Waals surface area contributed by atoms with Crippen LogP contribution in [0.15, 0.2) is 18.5 Å². The lowest BCUT2D eigenvalue weighted by molar-refractivity contribution is -0.0831. The summed E-state index contributed by atoms with van der Waals surface area (Å²) in [5.41, 5.74) is 0. The minimum Gasteiger partial charge on any atom is -0.455 e. The number of rotatable bonds is 2. The lowest BCUT2D eigenvalue weighted by Crippen LogP contribution is -2.38. The SMILES string of the molecule is c1cnc(OC2COC2)nc1. The van der Waals surface area contributed by atoms with Crippen LogP contribution in [0.5, 0.6) is 6.01 Å². The Morgan fingerprint density at radius 3 is 2.64 bits per heavy atom. The van der Waals surface area contributed by atoms with Gasteiger partial charge in [0.15, 0.2) is 0 Å². The van der Waals surface area contributed by atoms with Crippen LogP contribution >= 0.6 is 0 Å². The number of ether oxygens (including phenoxy) is 2. The lowest BCUT2D eigenvalue weighted by atomic mass is 10.3. The minimum absolute atomic E-state index is 0.150. The van der Waals surface area contributed by atoms with Crippen molar-refractivity contribution in [3.05, 3.63) is 18.5 Å². The molecule has 0 aliphatic carbocycles. The van der Waals surface area contributed by atoms with Gasteiger partial charge in [-0.1, -0.05) is 0 Å². The third kappa shape index (κ3) is 1.46. The van der Waals surface area contributed by atoms with Gasteiger partial charge in [-0.05, 0) is 6.07 Å². The zero-order valence-electron chi connectivity index (χ0n) is 5.93. The molecule has 1 saturated heterocycles. The van der Waals surface area contributed by atoms with Gasteiger partial charge in [0.05, 0.1) is 13.2 Å². The molecule has 0 aromatic carbocycles. The number of hydrogen-bond donors (Lipinski definition) is 0. The highest BCUT2D eigenvalue weighted by Crippen LogP contribution is 2.08. The van der Waals surface area contributed by atoms with Gasteiger partial charge in [0.2, 0.25) is 0 Å². The normalized spacial score (nSPS) is 17.5. The fraction of sp³-hybridized carbons (Fsp3) is 0.429. The predicted molar refractivity (Wildman–Crippen MR) is 37.3 cm³/mol. The van der Waals surface area contributed by atoms with E-state index in [1.54, 1.807) is 18.5 Å². The van der Waals surface area contributed by atoms with Gasteiger partial charge >= 0.3 is 6.01 Å². The molecule has 2 heterocycles. The van der Waals surface area contributed by atoms with Crippen LogP contribution in [0.2, 0.25) is 0 Å². The molecule has 0 spiro atoms. The van der Waals surface area contributed by atoms with Crippen LogP contribution in [-0.4, -0.2) is 29.3 Å². The number of aromatic nitrogens is 2. The summed E-state index contributed by atoms with van der Waals surface area (Å²) in [6.45, 7) is 1.30. The first-order chi connectivity index (χ1) is 5.45. The van der Waals surface area contributed by atoms with Crippen molar-refractivity contribution < 1.29 is 9.47 Å². The Labute approximate surface area is 64.2 Å². The summed E-state index contributed by atoms with van der Waals surface area (Å²) in [5.74, 6) is 0. The third-order valence-corrected chi connectivity index (χ3v) is 1.42. The van der Waals surface area contributed by atoms with Gasteiger partial charge in [-0.15, -0.1) is 0 Å². The van der Waals surface area contributed by atoms with Crippen LogP contribution in [0.1, 0.15) is 0 Å². The summed E-state index contributed by atoms with van der Waals surface area (Å²) >= 11 is 0. The second-order valence-electron chi connectivity index (χ2n) is 2.31. The Bertz CT molecular complexity index is 223. The standard InChI is InChI=1S/C7H8N2O2/c1-2-8-7(9-3-1)11-6-4-10-5-6/h1-3,6H,4-5H2. The first-order valence-corrected chi connectivity index (χ1v) is 3.46. The average Bonchev–Trinajstić information content (AvgIpc) is 1.99. The Kier molecular flexibility index (Phi) is 1.69. The van der Waals surface area contributed by atoms with Crippen LogP contribution in [0.25, 0.3) is 0 Å². The highest BCUT2D eigenvalue weighted by Gasteiger charge is 2.20. The van der Waals surface area contributed by atoms with E-state index < -0.39 is 0 Å². The molecule has 4 heteroatoms. The number of nitrogens with zero attached hydrogens (tertiary/aromatic N) is 2. The van der Waals surface area contributed by atoms with E-state index in [0.717, 1.165) is 0 Å². The summed E-state index contributed by atoms with van der Waals surface area (Å²) in [6.07, 6.45) is 3.46. The maximum Gasteiger partial charge on any atom is 0.316 e. The average molecular weight is 152 g/mol. The second-order valence-corrected chi connectivity index (χ2v) is 2.31. The molecule has 1 aromatic heterocycles. The summed E-state index contributed by atoms with van der Waals surface area (Å²) in [4.78, 5) is 7.82. The van der Waals surface area contributed by atoms with Crippen molar-refractivity contribution >= 4 is 0 Å². The summed E-state index contributed by atoms with van der Waals surface area (Å²) in [7, 11) is 0. The minimum atomic E-state index is 0.150. The molecule has 2 rings (SSSR count). The summed E-state index contributed by atoms with van der Waals surface area (Å²) < 4.78 is 10.2. The monoisotopic (exact) mass is 152 g/mol. The Balaban J connectivity index is 1.95. The molecule has 0 radical (unpaired) electrons. The largest absolute Gasteiger partial charge is 0.455 e. The van der Waals surface area contributed by atoms with Gasteiger partial charge in [0.1, 0.15) is 6.10 Å². The van der Waals surface area contributed by atoms with Crippen molar-refractivity contribution in [3.63, 3.8) is 0 Å². The summed E-state index contributed by atoms with van der Waals surface area (Å²) in [5, 5.41) is 0. The van der Waals surface area contributed by atoms with Gasteiger partial charge in [0, 0.05) is 12.4 Å². The van der Waals surface area contributed by atoms with E-state index in [1.165, 1.54) is 0 Å². The topological polar surface area (TPSA) is 44.2 Å². The molecule has 1 aliphatic rings. The maximum atomic E-state index is 5.30. The molecule has 11 heavy (non-hydrogen) atoms. The highest BCUT2D eigenvalue weighted by molar-refractivity contribution is 4.94. The zero-order valence-corrected chi connectivity index (χ0v) is 5.93. The van der Waals surface area contributed by atoms with Crippen molar-refractivity contribution in [2.75, 3.05) is 13.2 Å². The van der Waals surface area contributed by atoms with Crippen LogP contribution in [0, 0.1) is 0 Å². The third-order valence-electron chi connectivity index (χ3n) is 1.42. The van der Waals surface area contributed by atoms with E-state index in [2.05, 4.69) is 9.97 Å². The van der Waals surface area contributed by atoms with E-state index in [0.29, 0.717) is 19.2 Å². The van der Waals surface area contributed by atoms with E-state index in [4.69, 9.17) is 9.47 Å². The van der Waals surface area contributed by atoms with E-state index >= 15 is 0 Å². The van der Waals surface area contributed by atoms with Crippen LogP contribution in [-0.2, 0) is 4.74 Å². The van der Waals surface area contributed by atoms with Crippen molar-refractivity contribution in [1.82, 2.24) is 9.97 Å². The molecule has 0 unspecified atom stereocenters. The second kappa shape index (κ2) is 2.84. The molecular formula is C7H8N2O2. The first kappa shape index (κ1) is 6.54. The molecule has 0 atom stereocenters. The molecule has 0 amide bonds. The zero-order chi connectivity index (χ0) is 7.52. The van der Waals surface area contributed by atoms with E-state index in [1.807, 2.05) is 0 Å². The summed E-state index contributed by atoms with van der Waals surface area (Å²) in [6, 6.07) is 2.19. The molecule has 58 valence electrons.